The van der Waals surface area contributed by atoms with E-state index in [-0.39, 0.29) is 17.0 Å². The Morgan fingerprint density at radius 1 is 1.07 bits per heavy atom. The Labute approximate surface area is 174 Å². The summed E-state index contributed by atoms with van der Waals surface area (Å²) in [6.45, 7) is 4.14. The molecule has 152 valence electrons. The quantitative estimate of drug-likeness (QED) is 0.228. The maximum absolute atomic E-state index is 12.4. The average molecular weight is 414 g/mol. The van der Waals surface area contributed by atoms with Crippen LogP contribution < -0.4 is 9.47 Å². The summed E-state index contributed by atoms with van der Waals surface area (Å²) in [4.78, 5) is 25.6. The molecule has 1 aliphatic rings. The highest BCUT2D eigenvalue weighted by Gasteiger charge is 2.19. The number of hydrogen-bond donors (Lipinski definition) is 0. The molecule has 2 aromatic carbocycles. The van der Waals surface area contributed by atoms with Crippen molar-refractivity contribution >= 4 is 28.9 Å². The summed E-state index contributed by atoms with van der Waals surface area (Å²) in [6.07, 6.45) is 3.48. The van der Waals surface area contributed by atoms with Gasteiger partial charge in [0.15, 0.2) is 11.5 Å². The Morgan fingerprint density at radius 3 is 2.34 bits per heavy atom. The fraction of sp³-hybridized carbons (Fsp3) is 0.333. The molecule has 1 saturated heterocycles. The first-order valence-electron chi connectivity index (χ1n) is 9.52. The molecule has 7 nitrogen and oxygen atoms in total. The Bertz CT molecular complexity index is 908. The van der Waals surface area contributed by atoms with E-state index in [4.69, 9.17) is 21.7 Å². The summed E-state index contributed by atoms with van der Waals surface area (Å²) in [5, 5.41) is 10.7. The predicted molar refractivity (Wildman–Crippen MR) is 113 cm³/mol. The topological polar surface area (TPSA) is 81.9 Å². The van der Waals surface area contributed by atoms with Crippen LogP contribution in [-0.4, -0.2) is 40.5 Å². The van der Waals surface area contributed by atoms with Gasteiger partial charge >= 0.3 is 5.97 Å². The molecule has 1 heterocycles. The number of thiocarbonyl (C=S) groups is 1. The van der Waals surface area contributed by atoms with Crippen molar-refractivity contribution in [3.05, 3.63) is 63.7 Å². The third kappa shape index (κ3) is 5.08. The van der Waals surface area contributed by atoms with Crippen molar-refractivity contribution in [3.63, 3.8) is 0 Å². The first kappa shape index (κ1) is 20.7. The molecule has 29 heavy (non-hydrogen) atoms. The molecule has 0 bridgehead atoms. The molecule has 1 fully saturated rings. The molecule has 0 aliphatic carbocycles. The number of nitro benzene ring substituents is 1. The average Bonchev–Trinajstić information content (AvgIpc) is 2.75. The zero-order valence-corrected chi connectivity index (χ0v) is 16.9. The van der Waals surface area contributed by atoms with Gasteiger partial charge in [-0.15, -0.1) is 0 Å². The molecule has 0 atom stereocenters. The maximum atomic E-state index is 12.4. The van der Waals surface area contributed by atoms with Crippen LogP contribution in [0.2, 0.25) is 0 Å². The molecule has 3 rings (SSSR count). The summed E-state index contributed by atoms with van der Waals surface area (Å²) < 4.78 is 11.1. The number of carbonyl (C=O) groups is 1. The van der Waals surface area contributed by atoms with E-state index in [1.807, 2.05) is 13.0 Å². The lowest BCUT2D eigenvalue weighted by atomic mass is 10.1. The number of piperidine rings is 1. The fourth-order valence-electron chi connectivity index (χ4n) is 3.15. The molecule has 0 amide bonds. The van der Waals surface area contributed by atoms with Crippen LogP contribution >= 0.6 is 12.2 Å². The van der Waals surface area contributed by atoms with Crippen LogP contribution in [-0.2, 0) is 0 Å². The van der Waals surface area contributed by atoms with Crippen LogP contribution in [0.25, 0.3) is 0 Å². The molecule has 0 saturated carbocycles. The zero-order valence-electron chi connectivity index (χ0n) is 16.1. The van der Waals surface area contributed by atoms with Crippen molar-refractivity contribution in [3.8, 4) is 11.5 Å². The number of ether oxygens (including phenoxy) is 2. The largest absolute Gasteiger partial charge is 0.490 e. The minimum absolute atomic E-state index is 0.0906. The lowest BCUT2D eigenvalue weighted by Gasteiger charge is -2.29. The van der Waals surface area contributed by atoms with Crippen molar-refractivity contribution in [1.82, 2.24) is 4.90 Å². The Kier molecular flexibility index (Phi) is 6.77. The standard InChI is InChI=1S/C21H22N2O5S/c1-2-27-19-14-16(20(29)22-12-4-3-5-13-22)8-11-18(19)28-21(24)15-6-9-17(10-7-15)23(25)26/h6-11,14H,2-5,12-13H2,1H3. The summed E-state index contributed by atoms with van der Waals surface area (Å²) in [5.74, 6) is 0.0900. The number of nitrogens with zero attached hydrogens (tertiary/aromatic N) is 2. The third-order valence-corrected chi connectivity index (χ3v) is 5.14. The zero-order chi connectivity index (χ0) is 20.8. The van der Waals surface area contributed by atoms with Gasteiger partial charge in [-0.05, 0) is 56.5 Å². The van der Waals surface area contributed by atoms with Gasteiger partial charge in [-0.3, -0.25) is 10.1 Å². The van der Waals surface area contributed by atoms with Crippen molar-refractivity contribution in [1.29, 1.82) is 0 Å². The molecule has 0 spiro atoms. The Morgan fingerprint density at radius 2 is 1.72 bits per heavy atom. The first-order valence-corrected chi connectivity index (χ1v) is 9.93. The molecule has 2 aromatic rings. The Balaban J connectivity index is 1.78. The molecule has 1 aliphatic heterocycles. The molecular weight excluding hydrogens is 392 g/mol. The monoisotopic (exact) mass is 414 g/mol. The Hall–Kier alpha value is -3.00. The number of hydrogen-bond acceptors (Lipinski definition) is 6. The SMILES string of the molecule is CCOc1cc(C(=S)N2CCCCC2)ccc1OC(=O)c1ccc([N+](=O)[O-])cc1. The van der Waals surface area contributed by atoms with Gasteiger partial charge in [0.1, 0.15) is 4.99 Å². The third-order valence-electron chi connectivity index (χ3n) is 4.65. The van der Waals surface area contributed by atoms with Crippen molar-refractivity contribution in [2.45, 2.75) is 26.2 Å². The van der Waals surface area contributed by atoms with Crippen molar-refractivity contribution in [2.24, 2.45) is 0 Å². The molecule has 8 heteroatoms. The second-order valence-electron chi connectivity index (χ2n) is 6.64. The number of non-ortho nitro benzene ring substituents is 1. The number of esters is 1. The molecule has 0 N–H and O–H groups in total. The van der Waals surface area contributed by atoms with Gasteiger partial charge in [-0.1, -0.05) is 12.2 Å². The molecule has 0 aromatic heterocycles. The van der Waals surface area contributed by atoms with E-state index in [9.17, 15) is 14.9 Å². The highest BCUT2D eigenvalue weighted by molar-refractivity contribution is 7.80. The van der Waals surface area contributed by atoms with Crippen LogP contribution in [0.5, 0.6) is 11.5 Å². The smallest absolute Gasteiger partial charge is 0.343 e. The highest BCUT2D eigenvalue weighted by atomic mass is 32.1. The van der Waals surface area contributed by atoms with E-state index < -0.39 is 10.9 Å². The maximum Gasteiger partial charge on any atom is 0.343 e. The van der Waals surface area contributed by atoms with Gasteiger partial charge in [0.2, 0.25) is 0 Å². The second-order valence-corrected chi connectivity index (χ2v) is 7.03. The van der Waals surface area contributed by atoms with Crippen molar-refractivity contribution < 1.29 is 19.2 Å². The van der Waals surface area contributed by atoms with Crippen LogP contribution in [0.1, 0.15) is 42.1 Å². The fourth-order valence-corrected chi connectivity index (χ4v) is 3.46. The number of likely N-dealkylation sites (tertiary alicyclic amines) is 1. The van der Waals surface area contributed by atoms with Gasteiger partial charge in [0, 0.05) is 30.8 Å². The second kappa shape index (κ2) is 9.47. The molecular formula is C21H22N2O5S. The molecule has 0 unspecified atom stereocenters. The van der Waals surface area contributed by atoms with Crippen LogP contribution in [0, 0.1) is 10.1 Å². The summed E-state index contributed by atoms with van der Waals surface area (Å²) in [7, 11) is 0. The van der Waals surface area contributed by atoms with Gasteiger partial charge in [0.05, 0.1) is 17.1 Å². The minimum atomic E-state index is -0.618. The van der Waals surface area contributed by atoms with E-state index in [0.29, 0.717) is 12.4 Å². The van der Waals surface area contributed by atoms with Gasteiger partial charge in [-0.25, -0.2) is 4.79 Å². The minimum Gasteiger partial charge on any atom is -0.490 e. The van der Waals surface area contributed by atoms with Crippen LogP contribution in [0.15, 0.2) is 42.5 Å². The summed E-state index contributed by atoms with van der Waals surface area (Å²) >= 11 is 5.63. The van der Waals surface area contributed by atoms with E-state index >= 15 is 0 Å². The highest BCUT2D eigenvalue weighted by Crippen LogP contribution is 2.30. The van der Waals surface area contributed by atoms with E-state index in [2.05, 4.69) is 4.90 Å². The van der Waals surface area contributed by atoms with Crippen LogP contribution in [0.4, 0.5) is 5.69 Å². The van der Waals surface area contributed by atoms with Gasteiger partial charge < -0.3 is 14.4 Å². The summed E-state index contributed by atoms with van der Waals surface area (Å²) in [6, 6.07) is 10.5. The van der Waals surface area contributed by atoms with E-state index in [1.54, 1.807) is 12.1 Å². The number of carbonyl (C=O) groups excluding carboxylic acids is 1. The molecule has 0 radical (unpaired) electrons. The predicted octanol–water partition coefficient (Wildman–Crippen LogP) is 4.37. The number of benzene rings is 2. The van der Waals surface area contributed by atoms with Crippen molar-refractivity contribution in [2.75, 3.05) is 19.7 Å². The van der Waals surface area contributed by atoms with E-state index in [0.717, 1.165) is 36.5 Å². The summed E-state index contributed by atoms with van der Waals surface area (Å²) in [5.41, 5.74) is 0.971. The van der Waals surface area contributed by atoms with Crippen LogP contribution in [0.3, 0.4) is 0 Å². The lowest BCUT2D eigenvalue weighted by Crippen LogP contribution is -2.34. The first-order chi connectivity index (χ1) is 14.0. The van der Waals surface area contributed by atoms with Gasteiger partial charge in [-0.2, -0.15) is 0 Å². The lowest BCUT2D eigenvalue weighted by molar-refractivity contribution is -0.384. The van der Waals surface area contributed by atoms with E-state index in [1.165, 1.54) is 30.7 Å². The van der Waals surface area contributed by atoms with Gasteiger partial charge in [0.25, 0.3) is 5.69 Å². The number of rotatable bonds is 6. The number of nitro groups is 1. The normalized spacial score (nSPS) is 13.6.